The van der Waals surface area contributed by atoms with E-state index in [1.54, 1.807) is 0 Å². The Kier molecular flexibility index (Phi) is 2.65. The lowest BCUT2D eigenvalue weighted by Crippen LogP contribution is -3.08. The van der Waals surface area contributed by atoms with E-state index in [1.165, 1.54) is 24.2 Å². The zero-order valence-corrected chi connectivity index (χ0v) is 9.82. The Morgan fingerprint density at radius 1 is 1.00 bits per heavy atom. The van der Waals surface area contributed by atoms with Gasteiger partial charge in [-0.25, -0.2) is 0 Å². The molecule has 4 heteroatoms. The minimum Gasteiger partial charge on any atom is -0.383 e. The van der Waals surface area contributed by atoms with Crippen LogP contribution in [0, 0.1) is 0 Å². The van der Waals surface area contributed by atoms with Crippen molar-refractivity contribution in [3.05, 3.63) is 24.3 Å². The molecule has 1 aliphatic heterocycles. The van der Waals surface area contributed by atoms with Crippen molar-refractivity contribution in [2.75, 3.05) is 18.8 Å². The molecule has 0 saturated carbocycles. The fourth-order valence-electron chi connectivity index (χ4n) is 2.46. The average Bonchev–Trinajstić information content (AvgIpc) is 2.40. The Hall–Kier alpha value is -1.68. The van der Waals surface area contributed by atoms with Gasteiger partial charge in [-0.2, -0.15) is 9.97 Å². The molecule has 0 unspecified atom stereocenters. The normalized spacial score (nSPS) is 17.4. The van der Waals surface area contributed by atoms with Gasteiger partial charge in [0.05, 0.1) is 18.6 Å². The number of fused-ring (bicyclic) bond motifs is 1. The number of aromatic nitrogens is 2. The molecule has 0 aliphatic carbocycles. The van der Waals surface area contributed by atoms with E-state index in [9.17, 15) is 0 Å². The van der Waals surface area contributed by atoms with Crippen molar-refractivity contribution < 1.29 is 4.90 Å². The number of nitrogens with one attached hydrogen (secondary N) is 1. The summed E-state index contributed by atoms with van der Waals surface area (Å²) in [5.74, 6) is 1.46. The number of hydrogen-bond acceptors (Lipinski definition) is 3. The molecule has 1 aromatic carbocycles. The minimum absolute atomic E-state index is 0.601. The maximum absolute atomic E-state index is 6.00. The number of hydrogen-bond donors (Lipinski definition) is 2. The maximum atomic E-state index is 6.00. The van der Waals surface area contributed by atoms with Gasteiger partial charge in [-0.15, -0.1) is 0 Å². The molecule has 1 aromatic heterocycles. The van der Waals surface area contributed by atoms with E-state index in [-0.39, 0.29) is 0 Å². The molecule has 88 valence electrons. The number of anilines is 1. The molecular weight excluding hydrogens is 212 g/mol. The van der Waals surface area contributed by atoms with E-state index >= 15 is 0 Å². The van der Waals surface area contributed by atoms with Crippen molar-refractivity contribution >= 4 is 22.7 Å². The largest absolute Gasteiger partial charge is 0.383 e. The third-order valence-electron chi connectivity index (χ3n) is 3.41. The van der Waals surface area contributed by atoms with Crippen LogP contribution in [0.3, 0.4) is 0 Å². The molecule has 0 atom stereocenters. The molecule has 17 heavy (non-hydrogen) atoms. The van der Waals surface area contributed by atoms with Crippen LogP contribution in [-0.2, 0) is 0 Å². The number of rotatable bonds is 1. The van der Waals surface area contributed by atoms with Crippen molar-refractivity contribution in [3.8, 4) is 0 Å². The second-order valence-electron chi connectivity index (χ2n) is 4.61. The Bertz CT molecular complexity index is 532. The molecule has 0 radical (unpaired) electrons. The quantitative estimate of drug-likeness (QED) is 0.764. The number of nitrogen functional groups attached to an aromatic ring is 1. The smallest absolute Gasteiger partial charge is 0.329 e. The molecule has 3 N–H and O–H groups in total. The highest BCUT2D eigenvalue weighted by atomic mass is 15.3. The summed E-state index contributed by atoms with van der Waals surface area (Å²) in [6, 6.07) is 7.93. The lowest BCUT2D eigenvalue weighted by Gasteiger charge is -2.21. The summed E-state index contributed by atoms with van der Waals surface area (Å²) in [4.78, 5) is 10.5. The molecule has 3 rings (SSSR count). The van der Waals surface area contributed by atoms with Crippen LogP contribution in [0.25, 0.3) is 10.9 Å². The average molecular weight is 229 g/mol. The maximum Gasteiger partial charge on any atom is 0.329 e. The molecule has 1 aliphatic rings. The lowest BCUT2D eigenvalue weighted by molar-refractivity contribution is -0.843. The first-order chi connectivity index (χ1) is 8.34. The van der Waals surface area contributed by atoms with Crippen molar-refractivity contribution in [3.63, 3.8) is 0 Å². The molecule has 4 nitrogen and oxygen atoms in total. The molecule has 0 bridgehead atoms. The standard InChI is InChI=1S/C13H16N4/c14-12-10-6-2-3-7-11(10)15-13(16-12)17-8-4-1-5-9-17/h2-3,6-7H,1,4-5,8-9H2,(H2,14,15,16)/p+1. The van der Waals surface area contributed by atoms with Crippen LogP contribution in [0.2, 0.25) is 0 Å². The number of para-hydroxylation sites is 1. The van der Waals surface area contributed by atoms with Gasteiger partial charge in [0.15, 0.2) is 0 Å². The molecular formula is C13H17N4+. The fourth-order valence-corrected chi connectivity index (χ4v) is 2.46. The number of quaternary nitrogens is 1. The molecule has 2 heterocycles. The third kappa shape index (κ3) is 1.96. The lowest BCUT2D eigenvalue weighted by atomic mass is 10.1. The highest BCUT2D eigenvalue weighted by Crippen LogP contribution is 2.17. The molecule has 2 aromatic rings. The number of nitrogens with zero attached hydrogens (tertiary/aromatic N) is 2. The summed E-state index contributed by atoms with van der Waals surface area (Å²) in [5, 5.41) is 0.952. The number of benzene rings is 1. The van der Waals surface area contributed by atoms with Gasteiger partial charge in [0, 0.05) is 5.39 Å². The van der Waals surface area contributed by atoms with Crippen LogP contribution < -0.4 is 10.6 Å². The fraction of sp³-hybridized carbons (Fsp3) is 0.385. The Balaban J connectivity index is 2.05. The molecule has 0 spiro atoms. The zero-order chi connectivity index (χ0) is 11.7. The summed E-state index contributed by atoms with van der Waals surface area (Å²) in [5.41, 5.74) is 6.95. The van der Waals surface area contributed by atoms with Crippen molar-refractivity contribution in [2.24, 2.45) is 0 Å². The SMILES string of the molecule is Nc1nc([NH+]2CCCCC2)nc2ccccc12. The molecule has 1 saturated heterocycles. The topological polar surface area (TPSA) is 56.2 Å². The first-order valence-corrected chi connectivity index (χ1v) is 6.22. The predicted octanol–water partition coefficient (Wildman–Crippen LogP) is 0.912. The molecule has 0 amide bonds. The Morgan fingerprint density at radius 3 is 2.59 bits per heavy atom. The van der Waals surface area contributed by atoms with Gasteiger partial charge < -0.3 is 5.73 Å². The number of nitrogens with two attached hydrogens (primary N) is 1. The van der Waals surface area contributed by atoms with Gasteiger partial charge in [0.1, 0.15) is 5.82 Å². The second kappa shape index (κ2) is 4.30. The van der Waals surface area contributed by atoms with Gasteiger partial charge in [-0.3, -0.25) is 4.90 Å². The summed E-state index contributed by atoms with van der Waals surface area (Å²) < 4.78 is 0. The third-order valence-corrected chi connectivity index (χ3v) is 3.41. The van der Waals surface area contributed by atoms with Gasteiger partial charge >= 0.3 is 5.95 Å². The first-order valence-electron chi connectivity index (χ1n) is 6.22. The van der Waals surface area contributed by atoms with Crippen molar-refractivity contribution in [2.45, 2.75) is 19.3 Å². The van der Waals surface area contributed by atoms with E-state index in [4.69, 9.17) is 5.73 Å². The minimum atomic E-state index is 0.601. The van der Waals surface area contributed by atoms with Crippen LogP contribution in [-0.4, -0.2) is 23.1 Å². The van der Waals surface area contributed by atoms with Gasteiger partial charge in [0.25, 0.3) is 0 Å². The van der Waals surface area contributed by atoms with Gasteiger partial charge in [-0.1, -0.05) is 12.1 Å². The number of piperidine rings is 1. The first kappa shape index (κ1) is 10.5. The molecule has 1 fully saturated rings. The Labute approximate surface area is 100 Å². The summed E-state index contributed by atoms with van der Waals surface area (Å²) in [6.07, 6.45) is 3.84. The highest BCUT2D eigenvalue weighted by molar-refractivity contribution is 5.88. The monoisotopic (exact) mass is 229 g/mol. The van der Waals surface area contributed by atoms with Crippen LogP contribution in [0.15, 0.2) is 24.3 Å². The van der Waals surface area contributed by atoms with E-state index < -0.39 is 0 Å². The van der Waals surface area contributed by atoms with Gasteiger partial charge in [0.2, 0.25) is 0 Å². The van der Waals surface area contributed by atoms with Gasteiger partial charge in [-0.05, 0) is 31.4 Å². The van der Waals surface area contributed by atoms with Crippen LogP contribution in [0.1, 0.15) is 19.3 Å². The van der Waals surface area contributed by atoms with E-state index in [0.29, 0.717) is 5.82 Å². The Morgan fingerprint density at radius 2 is 1.76 bits per heavy atom. The van der Waals surface area contributed by atoms with Crippen LogP contribution in [0.5, 0.6) is 0 Å². The van der Waals surface area contributed by atoms with Crippen molar-refractivity contribution in [1.29, 1.82) is 0 Å². The van der Waals surface area contributed by atoms with Crippen molar-refractivity contribution in [1.82, 2.24) is 9.97 Å². The highest BCUT2D eigenvalue weighted by Gasteiger charge is 2.20. The summed E-state index contributed by atoms with van der Waals surface area (Å²) >= 11 is 0. The zero-order valence-electron chi connectivity index (χ0n) is 9.82. The predicted molar refractivity (Wildman–Crippen MR) is 68.2 cm³/mol. The summed E-state index contributed by atoms with van der Waals surface area (Å²) in [6.45, 7) is 2.25. The second-order valence-corrected chi connectivity index (χ2v) is 4.61. The van der Waals surface area contributed by atoms with E-state index in [1.807, 2.05) is 24.3 Å². The van der Waals surface area contributed by atoms with E-state index in [2.05, 4.69) is 9.97 Å². The van der Waals surface area contributed by atoms with Crippen LogP contribution >= 0.6 is 0 Å². The van der Waals surface area contributed by atoms with Crippen LogP contribution in [0.4, 0.5) is 11.8 Å². The summed E-state index contributed by atoms with van der Waals surface area (Å²) in [7, 11) is 0. The van der Waals surface area contributed by atoms with E-state index in [0.717, 1.165) is 29.9 Å².